The summed E-state index contributed by atoms with van der Waals surface area (Å²) in [7, 11) is 1.69. The standard InChI is InChI=1S/C29H28F4O2/c1-34-21-11-8-19(9-12-21)23-15-14-22(27(31)28(23)32)18-5-2-17(3-6-18)4-7-20-10-13-24(25-16-35-25)29(33)26(20)30/h2-3,5-6,10,13-15,19,21,25H,4,7-9,11-12,16H2,1H3. The molecule has 0 amide bonds. The molecule has 2 nitrogen and oxygen atoms in total. The molecule has 1 atom stereocenters. The summed E-state index contributed by atoms with van der Waals surface area (Å²) in [4.78, 5) is 0. The third-order valence-electron chi connectivity index (χ3n) is 7.38. The predicted octanol–water partition coefficient (Wildman–Crippen LogP) is 7.44. The van der Waals surface area contributed by atoms with Gasteiger partial charge in [0, 0.05) is 18.2 Å². The summed E-state index contributed by atoms with van der Waals surface area (Å²) in [5.74, 6) is -3.27. The highest BCUT2D eigenvalue weighted by atomic mass is 19.2. The Morgan fingerprint density at radius 2 is 1.40 bits per heavy atom. The van der Waals surface area contributed by atoms with E-state index in [2.05, 4.69) is 0 Å². The Hall–Kier alpha value is -2.70. The van der Waals surface area contributed by atoms with Crippen molar-refractivity contribution in [3.05, 3.63) is 94.1 Å². The van der Waals surface area contributed by atoms with Gasteiger partial charge in [0.25, 0.3) is 0 Å². The number of halogens is 4. The summed E-state index contributed by atoms with van der Waals surface area (Å²) in [5.41, 5.74) is 2.69. The van der Waals surface area contributed by atoms with Crippen molar-refractivity contribution in [2.24, 2.45) is 0 Å². The molecule has 2 fully saturated rings. The summed E-state index contributed by atoms with van der Waals surface area (Å²) < 4.78 is 69.1. The van der Waals surface area contributed by atoms with Gasteiger partial charge in [0.1, 0.15) is 6.10 Å². The van der Waals surface area contributed by atoms with E-state index in [9.17, 15) is 13.2 Å². The van der Waals surface area contributed by atoms with Crippen molar-refractivity contribution in [1.29, 1.82) is 0 Å². The van der Waals surface area contributed by atoms with Gasteiger partial charge in [0.2, 0.25) is 0 Å². The average molecular weight is 485 g/mol. The number of ether oxygens (including phenoxy) is 2. The average Bonchev–Trinajstić information content (AvgIpc) is 3.72. The molecule has 6 heteroatoms. The number of rotatable bonds is 7. The molecule has 1 saturated carbocycles. The Balaban J connectivity index is 1.26. The number of hydrogen-bond donors (Lipinski definition) is 0. The van der Waals surface area contributed by atoms with E-state index in [4.69, 9.17) is 9.47 Å². The Labute approximate surface area is 202 Å². The van der Waals surface area contributed by atoms with E-state index in [0.717, 1.165) is 31.2 Å². The monoisotopic (exact) mass is 484 g/mol. The third-order valence-corrected chi connectivity index (χ3v) is 7.38. The molecule has 0 bridgehead atoms. The number of hydrogen-bond acceptors (Lipinski definition) is 2. The molecule has 1 aliphatic carbocycles. The Bertz CT molecular complexity index is 1200. The molecule has 1 aliphatic heterocycles. The lowest BCUT2D eigenvalue weighted by Crippen LogP contribution is -2.20. The van der Waals surface area contributed by atoms with Gasteiger partial charge in [-0.15, -0.1) is 0 Å². The second-order valence-electron chi connectivity index (χ2n) is 9.50. The van der Waals surface area contributed by atoms with Crippen LogP contribution in [0.1, 0.15) is 60.0 Å². The fourth-order valence-electron chi connectivity index (χ4n) is 5.12. The molecule has 0 aromatic heterocycles. The van der Waals surface area contributed by atoms with Gasteiger partial charge in [-0.1, -0.05) is 48.5 Å². The predicted molar refractivity (Wildman–Crippen MR) is 126 cm³/mol. The first-order valence-corrected chi connectivity index (χ1v) is 12.1. The quantitative estimate of drug-likeness (QED) is 0.257. The Kier molecular flexibility index (Phi) is 6.94. The molecule has 1 heterocycles. The van der Waals surface area contributed by atoms with Crippen LogP contribution in [-0.2, 0) is 22.3 Å². The van der Waals surface area contributed by atoms with Crippen molar-refractivity contribution < 1.29 is 27.0 Å². The topological polar surface area (TPSA) is 21.8 Å². The molecule has 1 saturated heterocycles. The normalized spacial score (nSPS) is 21.8. The summed E-state index contributed by atoms with van der Waals surface area (Å²) in [5, 5.41) is 0. The third kappa shape index (κ3) is 5.00. The highest BCUT2D eigenvalue weighted by Gasteiger charge is 2.30. The first kappa shape index (κ1) is 24.0. The van der Waals surface area contributed by atoms with E-state index >= 15 is 4.39 Å². The fraction of sp³-hybridized carbons (Fsp3) is 0.379. The van der Waals surface area contributed by atoms with E-state index in [-0.39, 0.29) is 29.3 Å². The zero-order valence-corrected chi connectivity index (χ0v) is 19.6. The van der Waals surface area contributed by atoms with Crippen LogP contribution in [0.15, 0.2) is 48.5 Å². The maximum Gasteiger partial charge on any atom is 0.166 e. The molecule has 35 heavy (non-hydrogen) atoms. The highest BCUT2D eigenvalue weighted by molar-refractivity contribution is 5.65. The lowest BCUT2D eigenvalue weighted by atomic mass is 9.82. The van der Waals surface area contributed by atoms with Crippen molar-refractivity contribution >= 4 is 0 Å². The van der Waals surface area contributed by atoms with Crippen LogP contribution in [0.4, 0.5) is 17.6 Å². The molecule has 0 spiro atoms. The van der Waals surface area contributed by atoms with Gasteiger partial charge in [-0.2, -0.15) is 0 Å². The summed E-state index contributed by atoms with van der Waals surface area (Å²) >= 11 is 0. The zero-order valence-electron chi connectivity index (χ0n) is 19.6. The first-order valence-electron chi connectivity index (χ1n) is 12.1. The molecule has 1 unspecified atom stereocenters. The second kappa shape index (κ2) is 10.1. The van der Waals surface area contributed by atoms with Gasteiger partial charge in [-0.25, -0.2) is 17.6 Å². The van der Waals surface area contributed by atoms with Crippen molar-refractivity contribution in [1.82, 2.24) is 0 Å². The maximum absolute atomic E-state index is 15.0. The van der Waals surface area contributed by atoms with E-state index in [1.807, 2.05) is 12.1 Å². The van der Waals surface area contributed by atoms with Crippen LogP contribution in [0.2, 0.25) is 0 Å². The number of epoxide rings is 1. The van der Waals surface area contributed by atoms with Crippen LogP contribution in [0.5, 0.6) is 0 Å². The van der Waals surface area contributed by atoms with Gasteiger partial charge in [-0.3, -0.25) is 0 Å². The maximum atomic E-state index is 15.0. The van der Waals surface area contributed by atoms with Gasteiger partial charge >= 0.3 is 0 Å². The molecule has 184 valence electrons. The number of aryl methyl sites for hydroxylation is 2. The van der Waals surface area contributed by atoms with Gasteiger partial charge in [0.05, 0.1) is 12.7 Å². The van der Waals surface area contributed by atoms with Crippen molar-refractivity contribution in [2.75, 3.05) is 13.7 Å². The second-order valence-corrected chi connectivity index (χ2v) is 9.50. The van der Waals surface area contributed by atoms with Crippen LogP contribution in [0.3, 0.4) is 0 Å². The Morgan fingerprint density at radius 3 is 2.06 bits per heavy atom. The molecule has 2 aliphatic rings. The smallest absolute Gasteiger partial charge is 0.166 e. The van der Waals surface area contributed by atoms with Crippen LogP contribution >= 0.6 is 0 Å². The number of benzene rings is 3. The molecule has 5 rings (SSSR count). The first-order chi connectivity index (χ1) is 17.0. The minimum absolute atomic E-state index is 0.00317. The Morgan fingerprint density at radius 1 is 0.743 bits per heavy atom. The van der Waals surface area contributed by atoms with Gasteiger partial charge in [-0.05, 0) is 66.7 Å². The summed E-state index contributed by atoms with van der Waals surface area (Å²) in [6.07, 6.45) is 3.95. The van der Waals surface area contributed by atoms with Crippen molar-refractivity contribution in [3.63, 3.8) is 0 Å². The van der Waals surface area contributed by atoms with Crippen LogP contribution in [-0.4, -0.2) is 19.8 Å². The van der Waals surface area contributed by atoms with Crippen LogP contribution in [0, 0.1) is 23.3 Å². The zero-order chi connectivity index (χ0) is 24.5. The lowest BCUT2D eigenvalue weighted by molar-refractivity contribution is 0.0655. The summed E-state index contributed by atoms with van der Waals surface area (Å²) in [6.45, 7) is 0.421. The van der Waals surface area contributed by atoms with Gasteiger partial charge in [0.15, 0.2) is 23.3 Å². The minimum Gasteiger partial charge on any atom is -0.381 e. The minimum atomic E-state index is -0.840. The number of methoxy groups -OCH3 is 1. The highest BCUT2D eigenvalue weighted by Crippen LogP contribution is 2.38. The van der Waals surface area contributed by atoms with Crippen molar-refractivity contribution in [2.45, 2.75) is 56.7 Å². The van der Waals surface area contributed by atoms with E-state index in [1.165, 1.54) is 0 Å². The van der Waals surface area contributed by atoms with E-state index in [0.29, 0.717) is 36.1 Å². The SMILES string of the molecule is COC1CCC(c2ccc(-c3ccc(CCc4ccc(C5CO5)c(F)c4F)cc3)c(F)c2F)CC1. The molecule has 0 N–H and O–H groups in total. The largest absolute Gasteiger partial charge is 0.381 e. The van der Waals surface area contributed by atoms with Gasteiger partial charge < -0.3 is 9.47 Å². The molecular formula is C29H28F4O2. The lowest BCUT2D eigenvalue weighted by Gasteiger charge is -2.28. The van der Waals surface area contributed by atoms with Crippen molar-refractivity contribution in [3.8, 4) is 11.1 Å². The van der Waals surface area contributed by atoms with E-state index in [1.54, 1.807) is 43.5 Å². The summed E-state index contributed by atoms with van der Waals surface area (Å²) in [6, 6.07) is 13.6. The molecular weight excluding hydrogens is 456 g/mol. The molecule has 3 aromatic rings. The molecule has 0 radical (unpaired) electrons. The fourth-order valence-corrected chi connectivity index (χ4v) is 5.12. The van der Waals surface area contributed by atoms with Crippen LogP contribution in [0.25, 0.3) is 11.1 Å². The van der Waals surface area contributed by atoms with E-state index < -0.39 is 23.3 Å². The van der Waals surface area contributed by atoms with Crippen LogP contribution < -0.4 is 0 Å². The molecule has 3 aromatic carbocycles.